The number of esters is 1. The lowest BCUT2D eigenvalue weighted by Crippen LogP contribution is -2.37. The Morgan fingerprint density at radius 2 is 1.94 bits per heavy atom. The number of aliphatic imine (C=N–C) groups is 1. The number of pyridine rings is 1. The first-order valence-corrected chi connectivity index (χ1v) is 12.1. The van der Waals surface area contributed by atoms with Crippen LogP contribution >= 0.6 is 11.8 Å². The van der Waals surface area contributed by atoms with Gasteiger partial charge in [-0.3, -0.25) is 9.78 Å². The lowest BCUT2D eigenvalue weighted by atomic mass is 9.92. The number of amides is 1. The Hall–Kier alpha value is -3.39. The van der Waals surface area contributed by atoms with Gasteiger partial charge in [0.15, 0.2) is 5.17 Å². The molecule has 2 aliphatic rings. The molecule has 1 unspecified atom stereocenters. The number of carbonyl (C=O) groups is 2. The summed E-state index contributed by atoms with van der Waals surface area (Å²) in [7, 11) is 1.38. The average molecular weight is 477 g/mol. The summed E-state index contributed by atoms with van der Waals surface area (Å²) in [6.07, 6.45) is 1.86. The van der Waals surface area contributed by atoms with Gasteiger partial charge < -0.3 is 15.0 Å². The zero-order valence-electron chi connectivity index (χ0n) is 19.7. The fourth-order valence-electron chi connectivity index (χ4n) is 4.04. The molecule has 8 heteroatoms. The van der Waals surface area contributed by atoms with E-state index in [2.05, 4.69) is 41.3 Å². The number of thioether (sulfide) groups is 1. The molecule has 0 bridgehead atoms. The maximum absolute atomic E-state index is 12.8. The summed E-state index contributed by atoms with van der Waals surface area (Å²) in [6, 6.07) is 13.4. The summed E-state index contributed by atoms with van der Waals surface area (Å²) in [6.45, 7) is 6.47. The van der Waals surface area contributed by atoms with Gasteiger partial charge in [0.2, 0.25) is 5.91 Å². The Bertz CT molecular complexity index is 1170. The molecule has 4 rings (SSSR count). The third-order valence-electron chi connectivity index (χ3n) is 5.86. The number of allylic oxidation sites excluding steroid dienone is 1. The molecular weight excluding hydrogens is 448 g/mol. The number of carbonyl (C=O) groups excluding carboxylic acids is 2. The predicted molar refractivity (Wildman–Crippen MR) is 134 cm³/mol. The van der Waals surface area contributed by atoms with Gasteiger partial charge in [0.25, 0.3) is 0 Å². The normalized spacial score (nSPS) is 17.3. The highest BCUT2D eigenvalue weighted by Crippen LogP contribution is 2.44. The van der Waals surface area contributed by atoms with Crippen molar-refractivity contribution in [2.45, 2.75) is 45.7 Å². The second-order valence-electron chi connectivity index (χ2n) is 8.48. The molecule has 0 saturated heterocycles. The van der Waals surface area contributed by atoms with Crippen LogP contribution in [0.2, 0.25) is 0 Å². The first-order chi connectivity index (χ1) is 16.4. The lowest BCUT2D eigenvalue weighted by molar-refractivity contribution is -0.136. The fourth-order valence-corrected chi connectivity index (χ4v) is 5.00. The monoisotopic (exact) mass is 476 g/mol. The Kier molecular flexibility index (Phi) is 7.17. The van der Waals surface area contributed by atoms with E-state index in [0.29, 0.717) is 23.7 Å². The van der Waals surface area contributed by atoms with E-state index in [-0.39, 0.29) is 12.3 Å². The highest BCUT2D eigenvalue weighted by Gasteiger charge is 2.40. The number of hydrogen-bond acceptors (Lipinski definition) is 7. The Morgan fingerprint density at radius 1 is 1.18 bits per heavy atom. The van der Waals surface area contributed by atoms with E-state index < -0.39 is 12.0 Å². The average Bonchev–Trinajstić information content (AvgIpc) is 3.23. The minimum Gasteiger partial charge on any atom is -0.466 e. The summed E-state index contributed by atoms with van der Waals surface area (Å²) < 4.78 is 5.12. The maximum atomic E-state index is 12.8. The molecule has 1 atom stereocenters. The molecule has 0 aliphatic carbocycles. The summed E-state index contributed by atoms with van der Waals surface area (Å²) in [5.41, 5.74) is 4.84. The van der Waals surface area contributed by atoms with Crippen molar-refractivity contribution < 1.29 is 14.3 Å². The van der Waals surface area contributed by atoms with E-state index in [0.717, 1.165) is 22.1 Å². The molecule has 3 heterocycles. The molecule has 34 heavy (non-hydrogen) atoms. The second kappa shape index (κ2) is 10.3. The molecule has 2 aromatic rings. The molecule has 2 aliphatic heterocycles. The molecule has 1 amide bonds. The van der Waals surface area contributed by atoms with E-state index in [1.165, 1.54) is 24.4 Å². The number of benzene rings is 1. The molecule has 1 aromatic carbocycles. The molecule has 1 aromatic heterocycles. The number of fused-ring (bicyclic) bond motifs is 1. The third kappa shape index (κ3) is 4.92. The molecule has 0 fully saturated rings. The van der Waals surface area contributed by atoms with Gasteiger partial charge in [-0.1, -0.05) is 55.9 Å². The first kappa shape index (κ1) is 23.8. The summed E-state index contributed by atoms with van der Waals surface area (Å²) >= 11 is 1.46. The van der Waals surface area contributed by atoms with Gasteiger partial charge in [0.05, 0.1) is 43.1 Å². The number of hydrogen-bond donors (Lipinski definition) is 1. The van der Waals surface area contributed by atoms with Gasteiger partial charge in [0.1, 0.15) is 0 Å². The van der Waals surface area contributed by atoms with Gasteiger partial charge >= 0.3 is 5.97 Å². The highest BCUT2D eigenvalue weighted by atomic mass is 32.2. The number of rotatable bonds is 7. The largest absolute Gasteiger partial charge is 0.466 e. The van der Waals surface area contributed by atoms with E-state index in [9.17, 15) is 9.59 Å². The number of ether oxygens (including phenoxy) is 1. The topological polar surface area (TPSA) is 83.9 Å². The van der Waals surface area contributed by atoms with Crippen LogP contribution in [0.15, 0.2) is 76.0 Å². The molecule has 1 N–H and O–H groups in total. The molecule has 0 spiro atoms. The van der Waals surface area contributed by atoms with Gasteiger partial charge in [-0.2, -0.15) is 0 Å². The van der Waals surface area contributed by atoms with E-state index in [1.54, 1.807) is 6.20 Å². The van der Waals surface area contributed by atoms with Crippen molar-refractivity contribution in [1.29, 1.82) is 0 Å². The summed E-state index contributed by atoms with van der Waals surface area (Å²) in [5, 5.41) is 5.61. The van der Waals surface area contributed by atoms with Crippen molar-refractivity contribution in [2.75, 3.05) is 7.11 Å². The fraction of sp³-hybridized carbons (Fsp3) is 0.308. The van der Waals surface area contributed by atoms with Gasteiger partial charge in [-0.05, 0) is 41.5 Å². The smallest absolute Gasteiger partial charge is 0.338 e. The van der Waals surface area contributed by atoms with Crippen LogP contribution in [-0.4, -0.2) is 34.0 Å². The zero-order chi connectivity index (χ0) is 24.2. The quantitative estimate of drug-likeness (QED) is 0.585. The number of aromatic nitrogens is 1. The number of nitrogens with zero attached hydrogens (tertiary/aromatic N) is 3. The van der Waals surface area contributed by atoms with Crippen molar-refractivity contribution in [1.82, 2.24) is 15.2 Å². The van der Waals surface area contributed by atoms with Gasteiger partial charge in [-0.15, -0.1) is 0 Å². The predicted octanol–water partition coefficient (Wildman–Crippen LogP) is 4.66. The first-order valence-electron chi connectivity index (χ1n) is 11.2. The van der Waals surface area contributed by atoms with Crippen molar-refractivity contribution in [3.05, 3.63) is 87.9 Å². The summed E-state index contributed by atoms with van der Waals surface area (Å²) in [4.78, 5) is 36.5. The van der Waals surface area contributed by atoms with E-state index >= 15 is 0 Å². The standard InChI is InChI=1S/C26H28N4O3S/c1-16(2)18-8-10-19(11-9-18)24-23(25(32)33-4)17(3)29-26-30(24)21(15-34-26)13-22(31)28-14-20-7-5-6-12-27-20/h5-12,15-16,24H,13-14H2,1-4H3,(H,28,31). The van der Waals surface area contributed by atoms with Gasteiger partial charge in [-0.25, -0.2) is 9.79 Å². The zero-order valence-corrected chi connectivity index (χ0v) is 20.6. The molecule has 7 nitrogen and oxygen atoms in total. The maximum Gasteiger partial charge on any atom is 0.338 e. The van der Waals surface area contributed by atoms with Crippen LogP contribution in [0.25, 0.3) is 0 Å². The molecular formula is C26H28N4O3S. The Labute approximate surface area is 204 Å². The summed E-state index contributed by atoms with van der Waals surface area (Å²) in [5.74, 6) is -0.150. The van der Waals surface area contributed by atoms with Crippen molar-refractivity contribution >= 4 is 28.8 Å². The number of methoxy groups -OCH3 is 1. The minimum atomic E-state index is -0.425. The van der Waals surface area contributed by atoms with Crippen LogP contribution in [-0.2, 0) is 20.9 Å². The second-order valence-corrected chi connectivity index (χ2v) is 9.32. The van der Waals surface area contributed by atoms with Crippen molar-refractivity contribution in [3.8, 4) is 0 Å². The molecule has 0 radical (unpaired) electrons. The SMILES string of the molecule is COC(=O)C1=C(C)N=C2SC=C(CC(=O)NCc3ccccn3)N2C1c1ccc(C(C)C)cc1. The van der Waals surface area contributed by atoms with Gasteiger partial charge in [0, 0.05) is 11.9 Å². The van der Waals surface area contributed by atoms with Crippen LogP contribution in [0.1, 0.15) is 56.0 Å². The number of nitrogens with one attached hydrogen (secondary N) is 1. The van der Waals surface area contributed by atoms with E-state index in [4.69, 9.17) is 4.74 Å². The molecule has 0 saturated carbocycles. The third-order valence-corrected chi connectivity index (χ3v) is 6.75. The minimum absolute atomic E-state index is 0.126. The van der Waals surface area contributed by atoms with Crippen LogP contribution < -0.4 is 5.32 Å². The van der Waals surface area contributed by atoms with Crippen molar-refractivity contribution in [2.24, 2.45) is 4.99 Å². The van der Waals surface area contributed by atoms with Crippen molar-refractivity contribution in [3.63, 3.8) is 0 Å². The van der Waals surface area contributed by atoms with Crippen LogP contribution in [0, 0.1) is 0 Å². The number of amidine groups is 1. The van der Waals surface area contributed by atoms with Crippen LogP contribution in [0.3, 0.4) is 0 Å². The van der Waals surface area contributed by atoms with Crippen LogP contribution in [0.5, 0.6) is 0 Å². The lowest BCUT2D eigenvalue weighted by Gasteiger charge is -2.36. The Morgan fingerprint density at radius 3 is 2.59 bits per heavy atom. The molecule has 176 valence electrons. The Balaban J connectivity index is 1.61. The van der Waals surface area contributed by atoms with E-state index in [1.807, 2.05) is 47.6 Å². The highest BCUT2D eigenvalue weighted by molar-refractivity contribution is 8.16. The van der Waals surface area contributed by atoms with Crippen LogP contribution in [0.4, 0.5) is 0 Å².